The molecule has 0 bridgehead atoms. The van der Waals surface area contributed by atoms with Crippen molar-refractivity contribution in [2.24, 2.45) is 5.92 Å². The molecule has 1 fully saturated rings. The predicted molar refractivity (Wildman–Crippen MR) is 184 cm³/mol. The van der Waals surface area contributed by atoms with E-state index in [-0.39, 0.29) is 11.7 Å². The minimum atomic E-state index is -0.309. The number of halogens is 1. The number of aromatic amines is 2. The van der Waals surface area contributed by atoms with Crippen molar-refractivity contribution in [3.8, 4) is 33.8 Å². The Bertz CT molecular complexity index is 2040. The van der Waals surface area contributed by atoms with Crippen LogP contribution in [0.2, 0.25) is 0 Å². The van der Waals surface area contributed by atoms with Gasteiger partial charge in [0.25, 0.3) is 0 Å². The number of aromatic nitrogens is 6. The van der Waals surface area contributed by atoms with E-state index in [9.17, 15) is 9.18 Å². The SMILES string of the molecule is CN(C)CCNc1cc(F)cc(-c2ccnc3[nH]c(-c4n[nH]c5cnc(-c6cncc(NC(=O)CC7CCCCC7)c6)cc45)cc23)c1. The third-order valence-electron chi connectivity index (χ3n) is 8.85. The number of benzene rings is 1. The molecule has 240 valence electrons. The van der Waals surface area contributed by atoms with Gasteiger partial charge in [-0.3, -0.25) is 19.9 Å². The van der Waals surface area contributed by atoms with Gasteiger partial charge in [0.05, 0.1) is 35.0 Å². The van der Waals surface area contributed by atoms with Crippen LogP contribution in [0.25, 0.3) is 55.7 Å². The van der Waals surface area contributed by atoms with Gasteiger partial charge in [0, 0.05) is 53.9 Å². The Hall–Kier alpha value is -5.16. The number of likely N-dealkylation sites (N-methyl/N-ethyl adjacent to an activating group) is 1. The highest BCUT2D eigenvalue weighted by Gasteiger charge is 2.19. The van der Waals surface area contributed by atoms with Crippen LogP contribution in [0.5, 0.6) is 0 Å². The van der Waals surface area contributed by atoms with Crippen molar-refractivity contribution in [3.05, 3.63) is 73.1 Å². The largest absolute Gasteiger partial charge is 0.384 e. The third kappa shape index (κ3) is 6.85. The van der Waals surface area contributed by atoms with Crippen molar-refractivity contribution in [2.45, 2.75) is 38.5 Å². The second kappa shape index (κ2) is 13.3. The van der Waals surface area contributed by atoms with Crippen LogP contribution in [0.15, 0.2) is 67.3 Å². The maximum absolute atomic E-state index is 14.7. The highest BCUT2D eigenvalue weighted by atomic mass is 19.1. The van der Waals surface area contributed by atoms with Crippen molar-refractivity contribution in [2.75, 3.05) is 37.8 Å². The number of hydrogen-bond donors (Lipinski definition) is 4. The number of fused-ring (bicyclic) bond motifs is 2. The second-order valence-corrected chi connectivity index (χ2v) is 12.7. The Morgan fingerprint density at radius 3 is 2.66 bits per heavy atom. The summed E-state index contributed by atoms with van der Waals surface area (Å²) < 4.78 is 14.7. The van der Waals surface area contributed by atoms with Gasteiger partial charge in [-0.2, -0.15) is 5.10 Å². The van der Waals surface area contributed by atoms with Crippen LogP contribution in [0.1, 0.15) is 38.5 Å². The van der Waals surface area contributed by atoms with Gasteiger partial charge >= 0.3 is 0 Å². The minimum Gasteiger partial charge on any atom is -0.384 e. The molecule has 1 aromatic carbocycles. The van der Waals surface area contributed by atoms with E-state index in [1.54, 1.807) is 30.9 Å². The van der Waals surface area contributed by atoms with Crippen LogP contribution in [-0.2, 0) is 4.79 Å². The van der Waals surface area contributed by atoms with Crippen LogP contribution in [-0.4, -0.2) is 68.1 Å². The first-order chi connectivity index (χ1) is 22.9. The number of pyridine rings is 3. The molecule has 0 saturated heterocycles. The van der Waals surface area contributed by atoms with E-state index in [2.05, 4.69) is 45.7 Å². The molecule has 0 atom stereocenters. The molecular formula is C36H38FN9O. The minimum absolute atomic E-state index is 0.0261. The zero-order valence-corrected chi connectivity index (χ0v) is 26.6. The quantitative estimate of drug-likeness (QED) is 0.125. The van der Waals surface area contributed by atoms with Crippen LogP contribution >= 0.6 is 0 Å². The molecule has 0 spiro atoms. The fourth-order valence-corrected chi connectivity index (χ4v) is 6.47. The number of nitrogens with one attached hydrogen (secondary N) is 4. The fraction of sp³-hybridized carbons (Fsp3) is 0.306. The summed E-state index contributed by atoms with van der Waals surface area (Å²) in [5.74, 6) is 0.176. The summed E-state index contributed by atoms with van der Waals surface area (Å²) in [4.78, 5) is 31.8. The monoisotopic (exact) mass is 631 g/mol. The summed E-state index contributed by atoms with van der Waals surface area (Å²) in [5.41, 5.74) is 7.43. The Morgan fingerprint density at radius 1 is 0.957 bits per heavy atom. The van der Waals surface area contributed by atoms with Gasteiger partial charge in [-0.25, -0.2) is 9.37 Å². The molecule has 1 amide bonds. The summed E-state index contributed by atoms with van der Waals surface area (Å²) in [7, 11) is 4.01. The molecular weight excluding hydrogens is 593 g/mol. The van der Waals surface area contributed by atoms with Crippen molar-refractivity contribution >= 4 is 39.2 Å². The van der Waals surface area contributed by atoms with Gasteiger partial charge in [-0.05, 0) is 86.4 Å². The molecule has 47 heavy (non-hydrogen) atoms. The number of rotatable bonds is 10. The van der Waals surface area contributed by atoms with E-state index in [1.807, 2.05) is 44.4 Å². The molecule has 0 radical (unpaired) electrons. The van der Waals surface area contributed by atoms with E-state index in [0.29, 0.717) is 41.6 Å². The number of hydrogen-bond acceptors (Lipinski definition) is 7. The molecule has 7 rings (SSSR count). The molecule has 0 unspecified atom stereocenters. The lowest BCUT2D eigenvalue weighted by Gasteiger charge is -2.20. The molecule has 1 saturated carbocycles. The van der Waals surface area contributed by atoms with Crippen LogP contribution in [0, 0.1) is 11.7 Å². The molecule has 0 aliphatic heterocycles. The van der Waals surface area contributed by atoms with Gasteiger partial charge in [0.2, 0.25) is 5.91 Å². The van der Waals surface area contributed by atoms with Gasteiger partial charge in [-0.1, -0.05) is 19.3 Å². The molecule has 5 aromatic heterocycles. The Balaban J connectivity index is 1.16. The summed E-state index contributed by atoms with van der Waals surface area (Å²) in [6, 6.07) is 12.8. The summed E-state index contributed by atoms with van der Waals surface area (Å²) in [5, 5.41) is 15.8. The number of carbonyl (C=O) groups excluding carboxylic acids is 1. The van der Waals surface area contributed by atoms with E-state index in [0.717, 1.165) is 63.7 Å². The topological polar surface area (TPSA) is 128 Å². The number of anilines is 2. The first-order valence-electron chi connectivity index (χ1n) is 16.2. The maximum Gasteiger partial charge on any atom is 0.224 e. The van der Waals surface area contributed by atoms with E-state index in [4.69, 9.17) is 0 Å². The Morgan fingerprint density at radius 2 is 1.81 bits per heavy atom. The van der Waals surface area contributed by atoms with Gasteiger partial charge < -0.3 is 20.5 Å². The average Bonchev–Trinajstić information content (AvgIpc) is 3.69. The smallest absolute Gasteiger partial charge is 0.224 e. The van der Waals surface area contributed by atoms with Crippen molar-refractivity contribution in [1.29, 1.82) is 0 Å². The summed E-state index contributed by atoms with van der Waals surface area (Å²) in [6.07, 6.45) is 13.4. The van der Waals surface area contributed by atoms with Crippen LogP contribution in [0.4, 0.5) is 15.8 Å². The number of carbonyl (C=O) groups is 1. The van der Waals surface area contributed by atoms with Crippen molar-refractivity contribution in [3.63, 3.8) is 0 Å². The van der Waals surface area contributed by atoms with Gasteiger partial charge in [0.15, 0.2) is 0 Å². The van der Waals surface area contributed by atoms with E-state index >= 15 is 0 Å². The molecule has 10 nitrogen and oxygen atoms in total. The summed E-state index contributed by atoms with van der Waals surface area (Å²) in [6.45, 7) is 1.54. The zero-order valence-electron chi connectivity index (χ0n) is 26.6. The second-order valence-electron chi connectivity index (χ2n) is 12.7. The standard InChI is InChI=1S/C36H38FN9O/c1-46(2)11-10-39-26-14-23(13-25(37)16-26)28-8-9-40-36-29(28)17-32(43-36)35-30-18-31(41-21-33(30)44-45-35)24-15-27(20-38-19-24)42-34(47)12-22-6-4-3-5-7-22/h8-9,13-22,39H,3-7,10-12H2,1-2H3,(H,40,43)(H,42,47)(H,44,45). The predicted octanol–water partition coefficient (Wildman–Crippen LogP) is 7.25. The molecule has 1 aliphatic carbocycles. The highest BCUT2D eigenvalue weighted by molar-refractivity contribution is 6.00. The molecule has 1 aliphatic rings. The lowest BCUT2D eigenvalue weighted by Crippen LogP contribution is -2.20. The van der Waals surface area contributed by atoms with Crippen LogP contribution < -0.4 is 10.6 Å². The molecule has 4 N–H and O–H groups in total. The highest BCUT2D eigenvalue weighted by Crippen LogP contribution is 2.35. The molecule has 5 heterocycles. The molecule has 6 aromatic rings. The number of nitrogens with zero attached hydrogens (tertiary/aromatic N) is 5. The maximum atomic E-state index is 14.7. The van der Waals surface area contributed by atoms with E-state index < -0.39 is 0 Å². The van der Waals surface area contributed by atoms with Crippen LogP contribution in [0.3, 0.4) is 0 Å². The first-order valence-corrected chi connectivity index (χ1v) is 16.2. The normalized spacial score (nSPS) is 13.9. The first kappa shape index (κ1) is 30.5. The lowest BCUT2D eigenvalue weighted by atomic mass is 9.87. The third-order valence-corrected chi connectivity index (χ3v) is 8.85. The molecule has 11 heteroatoms. The van der Waals surface area contributed by atoms with Gasteiger partial charge in [-0.15, -0.1) is 0 Å². The van der Waals surface area contributed by atoms with Crippen molar-refractivity contribution < 1.29 is 9.18 Å². The fourth-order valence-electron chi connectivity index (χ4n) is 6.47. The number of amides is 1. The van der Waals surface area contributed by atoms with Crippen molar-refractivity contribution in [1.82, 2.24) is 35.0 Å². The zero-order chi connectivity index (χ0) is 32.3. The average molecular weight is 632 g/mol. The Kier molecular flexibility index (Phi) is 8.62. The lowest BCUT2D eigenvalue weighted by molar-refractivity contribution is -0.117. The summed E-state index contributed by atoms with van der Waals surface area (Å²) >= 11 is 0. The Labute approximate surface area is 272 Å². The van der Waals surface area contributed by atoms with E-state index in [1.165, 1.54) is 25.3 Å². The number of H-pyrrole nitrogens is 2. The van der Waals surface area contributed by atoms with Gasteiger partial charge in [0.1, 0.15) is 17.2 Å².